The maximum absolute atomic E-state index is 12.3. The van der Waals surface area contributed by atoms with Gasteiger partial charge in [0.25, 0.3) is 5.91 Å². The van der Waals surface area contributed by atoms with Crippen molar-refractivity contribution in [3.05, 3.63) is 58.9 Å². The number of fused-ring (bicyclic) bond motifs is 1. The van der Waals surface area contributed by atoms with Crippen molar-refractivity contribution < 1.29 is 4.79 Å². The van der Waals surface area contributed by atoms with Gasteiger partial charge in [0.15, 0.2) is 0 Å². The zero-order valence-electron chi connectivity index (χ0n) is 10.7. The molecule has 1 N–H and O–H groups in total. The summed E-state index contributed by atoms with van der Waals surface area (Å²) in [5.41, 5.74) is 1.60. The van der Waals surface area contributed by atoms with Crippen molar-refractivity contribution in [2.45, 2.75) is 17.4 Å². The number of halogens is 1. The van der Waals surface area contributed by atoms with Crippen molar-refractivity contribution in [2.24, 2.45) is 0 Å². The molecule has 0 saturated heterocycles. The molecule has 5 heteroatoms. The zero-order chi connectivity index (χ0) is 13.9. The van der Waals surface area contributed by atoms with Crippen molar-refractivity contribution in [1.29, 1.82) is 0 Å². The molecule has 1 unspecified atom stereocenters. The number of carbonyl (C=O) groups is 1. The van der Waals surface area contributed by atoms with Gasteiger partial charge in [0.1, 0.15) is 0 Å². The summed E-state index contributed by atoms with van der Waals surface area (Å²) in [4.78, 5) is 17.5. The van der Waals surface area contributed by atoms with Gasteiger partial charge in [-0.1, -0.05) is 29.8 Å². The number of thioether (sulfide) groups is 1. The number of hydrogen-bond donors (Lipinski definition) is 1. The molecule has 2 aromatic rings. The van der Waals surface area contributed by atoms with E-state index >= 15 is 0 Å². The summed E-state index contributed by atoms with van der Waals surface area (Å²) in [5, 5.41) is 3.48. The van der Waals surface area contributed by atoms with Crippen LogP contribution in [0.15, 0.2) is 47.6 Å². The molecule has 1 amide bonds. The van der Waals surface area contributed by atoms with Crippen LogP contribution in [0.2, 0.25) is 5.02 Å². The molecule has 0 spiro atoms. The van der Waals surface area contributed by atoms with Crippen LogP contribution in [-0.2, 0) is 0 Å². The fraction of sp³-hybridized carbons (Fsp3) is 0.200. The summed E-state index contributed by atoms with van der Waals surface area (Å²) in [6, 6.07) is 9.85. The third-order valence-electron chi connectivity index (χ3n) is 3.28. The van der Waals surface area contributed by atoms with Gasteiger partial charge in [0.2, 0.25) is 0 Å². The Morgan fingerprint density at radius 3 is 3.05 bits per heavy atom. The predicted octanol–water partition coefficient (Wildman–Crippen LogP) is 3.70. The Labute approximate surface area is 126 Å². The molecule has 0 radical (unpaired) electrons. The lowest BCUT2D eigenvalue weighted by Crippen LogP contribution is -2.30. The minimum absolute atomic E-state index is 0.0382. The SMILES string of the molecule is O=C(NC1CCSc2ccccc21)c1cnccc1Cl. The minimum Gasteiger partial charge on any atom is -0.345 e. The van der Waals surface area contributed by atoms with Gasteiger partial charge in [-0.3, -0.25) is 9.78 Å². The second-order valence-corrected chi connectivity index (χ2v) is 6.10. The monoisotopic (exact) mass is 304 g/mol. The van der Waals surface area contributed by atoms with E-state index in [0.29, 0.717) is 10.6 Å². The highest BCUT2D eigenvalue weighted by Gasteiger charge is 2.23. The molecule has 0 fully saturated rings. The molecular weight excluding hydrogens is 292 g/mol. The van der Waals surface area contributed by atoms with Gasteiger partial charge >= 0.3 is 0 Å². The molecule has 3 rings (SSSR count). The largest absolute Gasteiger partial charge is 0.345 e. The first kappa shape index (κ1) is 13.5. The fourth-order valence-corrected chi connectivity index (χ4v) is 3.59. The number of hydrogen-bond acceptors (Lipinski definition) is 3. The Bertz CT molecular complexity index is 647. The van der Waals surface area contributed by atoms with E-state index in [1.165, 1.54) is 16.7 Å². The first-order valence-electron chi connectivity index (χ1n) is 6.38. The maximum atomic E-state index is 12.3. The number of carbonyl (C=O) groups excluding carboxylic acids is 1. The Hall–Kier alpha value is -1.52. The van der Waals surface area contributed by atoms with Crippen LogP contribution >= 0.6 is 23.4 Å². The molecule has 0 bridgehead atoms. The highest BCUT2D eigenvalue weighted by atomic mass is 35.5. The third kappa shape index (κ3) is 2.67. The molecule has 2 heterocycles. The normalized spacial score (nSPS) is 17.4. The van der Waals surface area contributed by atoms with E-state index in [1.54, 1.807) is 12.3 Å². The van der Waals surface area contributed by atoms with Crippen LogP contribution in [0.1, 0.15) is 28.4 Å². The molecule has 1 aliphatic heterocycles. The molecular formula is C15H13ClN2OS. The number of nitrogens with zero attached hydrogens (tertiary/aromatic N) is 1. The average Bonchev–Trinajstić information content (AvgIpc) is 2.48. The number of benzene rings is 1. The van der Waals surface area contributed by atoms with Gasteiger partial charge in [-0.15, -0.1) is 11.8 Å². The van der Waals surface area contributed by atoms with Crippen LogP contribution in [0, 0.1) is 0 Å². The Kier molecular flexibility index (Phi) is 3.94. The summed E-state index contributed by atoms with van der Waals surface area (Å²) >= 11 is 7.86. The van der Waals surface area contributed by atoms with Gasteiger partial charge in [-0.25, -0.2) is 0 Å². The van der Waals surface area contributed by atoms with Gasteiger partial charge in [0.05, 0.1) is 16.6 Å². The van der Waals surface area contributed by atoms with Gasteiger partial charge < -0.3 is 5.32 Å². The highest BCUT2D eigenvalue weighted by molar-refractivity contribution is 7.99. The molecule has 1 aliphatic rings. The highest BCUT2D eigenvalue weighted by Crippen LogP contribution is 2.36. The summed E-state index contributed by atoms with van der Waals surface area (Å²) in [6.07, 6.45) is 4.00. The van der Waals surface area contributed by atoms with Crippen molar-refractivity contribution in [3.63, 3.8) is 0 Å². The Balaban J connectivity index is 1.83. The lowest BCUT2D eigenvalue weighted by Gasteiger charge is -2.25. The van der Waals surface area contributed by atoms with Crippen LogP contribution < -0.4 is 5.32 Å². The summed E-state index contributed by atoms with van der Waals surface area (Å²) in [6.45, 7) is 0. The quantitative estimate of drug-likeness (QED) is 0.920. The van der Waals surface area contributed by atoms with Crippen molar-refractivity contribution in [1.82, 2.24) is 10.3 Å². The molecule has 1 aromatic carbocycles. The molecule has 1 atom stereocenters. The van der Waals surface area contributed by atoms with Crippen molar-refractivity contribution >= 4 is 29.3 Å². The van der Waals surface area contributed by atoms with E-state index in [4.69, 9.17) is 11.6 Å². The zero-order valence-corrected chi connectivity index (χ0v) is 12.2. The van der Waals surface area contributed by atoms with E-state index in [1.807, 2.05) is 23.9 Å². The number of amides is 1. The van der Waals surface area contributed by atoms with E-state index < -0.39 is 0 Å². The van der Waals surface area contributed by atoms with Crippen LogP contribution in [0.3, 0.4) is 0 Å². The third-order valence-corrected chi connectivity index (χ3v) is 4.73. The fourth-order valence-electron chi connectivity index (χ4n) is 2.27. The Morgan fingerprint density at radius 2 is 2.20 bits per heavy atom. The lowest BCUT2D eigenvalue weighted by molar-refractivity contribution is 0.0935. The molecule has 0 saturated carbocycles. The van der Waals surface area contributed by atoms with Gasteiger partial charge in [-0.2, -0.15) is 0 Å². The molecule has 102 valence electrons. The lowest BCUT2D eigenvalue weighted by atomic mass is 10.0. The molecule has 0 aliphatic carbocycles. The van der Waals surface area contributed by atoms with Crippen LogP contribution in [-0.4, -0.2) is 16.6 Å². The van der Waals surface area contributed by atoms with E-state index in [2.05, 4.69) is 22.4 Å². The van der Waals surface area contributed by atoms with Crippen LogP contribution in [0.25, 0.3) is 0 Å². The van der Waals surface area contributed by atoms with Crippen LogP contribution in [0.5, 0.6) is 0 Å². The van der Waals surface area contributed by atoms with Crippen molar-refractivity contribution in [2.75, 3.05) is 5.75 Å². The predicted molar refractivity (Wildman–Crippen MR) is 81.2 cm³/mol. The second-order valence-electron chi connectivity index (χ2n) is 4.56. The number of pyridine rings is 1. The first-order chi connectivity index (χ1) is 9.75. The van der Waals surface area contributed by atoms with Crippen molar-refractivity contribution in [3.8, 4) is 0 Å². The summed E-state index contributed by atoms with van der Waals surface area (Å²) in [5.74, 6) is 0.831. The Morgan fingerprint density at radius 1 is 1.35 bits per heavy atom. The maximum Gasteiger partial charge on any atom is 0.254 e. The van der Waals surface area contributed by atoms with E-state index in [-0.39, 0.29) is 11.9 Å². The topological polar surface area (TPSA) is 42.0 Å². The van der Waals surface area contributed by atoms with Gasteiger partial charge in [0, 0.05) is 23.0 Å². The molecule has 1 aromatic heterocycles. The van der Waals surface area contributed by atoms with E-state index in [0.717, 1.165) is 12.2 Å². The smallest absolute Gasteiger partial charge is 0.254 e. The van der Waals surface area contributed by atoms with Crippen LogP contribution in [0.4, 0.5) is 0 Å². The average molecular weight is 305 g/mol. The molecule has 3 nitrogen and oxygen atoms in total. The molecule has 20 heavy (non-hydrogen) atoms. The van der Waals surface area contributed by atoms with E-state index in [9.17, 15) is 4.79 Å². The standard InChI is InChI=1S/C15H13ClN2OS/c16-12-5-7-17-9-11(12)15(19)18-13-6-8-20-14-4-2-1-3-10(13)14/h1-5,7,9,13H,6,8H2,(H,18,19). The number of rotatable bonds is 2. The van der Waals surface area contributed by atoms with Gasteiger partial charge in [-0.05, 0) is 24.1 Å². The first-order valence-corrected chi connectivity index (χ1v) is 7.74. The number of aromatic nitrogens is 1. The summed E-state index contributed by atoms with van der Waals surface area (Å²) < 4.78 is 0. The number of nitrogens with one attached hydrogen (secondary N) is 1. The second kappa shape index (κ2) is 5.85. The minimum atomic E-state index is -0.171. The summed E-state index contributed by atoms with van der Waals surface area (Å²) in [7, 11) is 0.